The van der Waals surface area contributed by atoms with Crippen LogP contribution in [-0.2, 0) is 0 Å². The predicted molar refractivity (Wildman–Crippen MR) is 72.1 cm³/mol. The fourth-order valence-electron chi connectivity index (χ4n) is 2.45. The van der Waals surface area contributed by atoms with Crippen LogP contribution in [0.5, 0.6) is 17.2 Å². The molecule has 0 aliphatic carbocycles. The molecule has 2 unspecified atom stereocenters. The van der Waals surface area contributed by atoms with Crippen LogP contribution in [0.1, 0.15) is 24.4 Å². The lowest BCUT2D eigenvalue weighted by Crippen LogP contribution is -2.34. The van der Waals surface area contributed by atoms with Crippen LogP contribution in [0.2, 0.25) is 0 Å². The highest BCUT2D eigenvalue weighted by Gasteiger charge is 2.23. The van der Waals surface area contributed by atoms with Crippen molar-refractivity contribution in [2.45, 2.75) is 25.0 Å². The number of nitrogens with one attached hydrogen (secondary N) is 1. The molecule has 1 saturated heterocycles. The summed E-state index contributed by atoms with van der Waals surface area (Å²) in [6.45, 7) is 0.808. The zero-order valence-electron chi connectivity index (χ0n) is 11.6. The van der Waals surface area contributed by atoms with Gasteiger partial charge in [0.2, 0.25) is 5.75 Å². The van der Waals surface area contributed by atoms with Crippen molar-refractivity contribution in [3.8, 4) is 17.2 Å². The van der Waals surface area contributed by atoms with Crippen molar-refractivity contribution in [3.63, 3.8) is 0 Å². The molecule has 1 aromatic carbocycles. The molecule has 0 radical (unpaired) electrons. The van der Waals surface area contributed by atoms with Gasteiger partial charge in [-0.1, -0.05) is 0 Å². The molecular weight excluding hydrogens is 246 g/mol. The molecule has 19 heavy (non-hydrogen) atoms. The van der Waals surface area contributed by atoms with Gasteiger partial charge in [-0.15, -0.1) is 0 Å². The lowest BCUT2D eigenvalue weighted by Gasteiger charge is -2.28. The van der Waals surface area contributed by atoms with Gasteiger partial charge >= 0.3 is 0 Å². The Kier molecular flexibility index (Phi) is 4.50. The summed E-state index contributed by atoms with van der Waals surface area (Å²) in [5, 5.41) is 13.2. The minimum absolute atomic E-state index is 0.109. The van der Waals surface area contributed by atoms with E-state index in [2.05, 4.69) is 5.32 Å². The van der Waals surface area contributed by atoms with E-state index in [1.807, 2.05) is 12.1 Å². The second-order valence-corrected chi connectivity index (χ2v) is 4.64. The number of aliphatic hydroxyl groups excluding tert-OH is 1. The first-order chi connectivity index (χ1) is 9.19. The number of ether oxygens (including phenoxy) is 3. The first-order valence-electron chi connectivity index (χ1n) is 6.41. The standard InChI is InChI=1S/C14H21NO4/c1-17-12-6-9(7-13(18-2)14(12)19-3)11-8-10(16)4-5-15-11/h6-7,10-11,15-16H,4-5,8H2,1-3H3. The normalized spacial score (nSPS) is 22.9. The molecule has 2 atom stereocenters. The van der Waals surface area contributed by atoms with Crippen molar-refractivity contribution < 1.29 is 19.3 Å². The molecule has 2 rings (SSSR count). The SMILES string of the molecule is COc1cc(C2CC(O)CCN2)cc(OC)c1OC. The van der Waals surface area contributed by atoms with Gasteiger partial charge in [-0.05, 0) is 37.1 Å². The summed E-state index contributed by atoms with van der Waals surface area (Å²) < 4.78 is 16.0. The van der Waals surface area contributed by atoms with Crippen molar-refractivity contribution in [3.05, 3.63) is 17.7 Å². The van der Waals surface area contributed by atoms with Crippen LogP contribution < -0.4 is 19.5 Å². The van der Waals surface area contributed by atoms with Crippen LogP contribution >= 0.6 is 0 Å². The fourth-order valence-corrected chi connectivity index (χ4v) is 2.45. The second-order valence-electron chi connectivity index (χ2n) is 4.64. The van der Waals surface area contributed by atoms with Gasteiger partial charge in [-0.2, -0.15) is 0 Å². The molecule has 0 bridgehead atoms. The lowest BCUT2D eigenvalue weighted by molar-refractivity contribution is 0.116. The largest absolute Gasteiger partial charge is 0.493 e. The highest BCUT2D eigenvalue weighted by molar-refractivity contribution is 5.54. The van der Waals surface area contributed by atoms with Gasteiger partial charge in [-0.3, -0.25) is 0 Å². The molecule has 0 amide bonds. The zero-order valence-corrected chi connectivity index (χ0v) is 11.6. The van der Waals surface area contributed by atoms with Crippen molar-refractivity contribution in [1.29, 1.82) is 0 Å². The van der Waals surface area contributed by atoms with E-state index < -0.39 is 0 Å². The van der Waals surface area contributed by atoms with Crippen LogP contribution in [0.15, 0.2) is 12.1 Å². The average Bonchev–Trinajstić information content (AvgIpc) is 2.45. The molecule has 106 valence electrons. The number of benzene rings is 1. The fraction of sp³-hybridized carbons (Fsp3) is 0.571. The summed E-state index contributed by atoms with van der Waals surface area (Å²) in [5.74, 6) is 1.86. The maximum absolute atomic E-state index is 9.77. The molecule has 0 saturated carbocycles. The monoisotopic (exact) mass is 267 g/mol. The van der Waals surface area contributed by atoms with Gasteiger partial charge < -0.3 is 24.6 Å². The number of piperidine rings is 1. The Bertz CT molecular complexity index is 410. The van der Waals surface area contributed by atoms with Crippen LogP contribution in [0.3, 0.4) is 0 Å². The molecular formula is C14H21NO4. The molecule has 1 aliphatic rings. The Balaban J connectivity index is 2.35. The highest BCUT2D eigenvalue weighted by Crippen LogP contribution is 2.40. The Morgan fingerprint density at radius 1 is 1.11 bits per heavy atom. The Morgan fingerprint density at radius 2 is 1.74 bits per heavy atom. The topological polar surface area (TPSA) is 60.0 Å². The third-order valence-electron chi connectivity index (χ3n) is 3.47. The van der Waals surface area contributed by atoms with Gasteiger partial charge in [-0.25, -0.2) is 0 Å². The van der Waals surface area contributed by atoms with Crippen LogP contribution in [0, 0.1) is 0 Å². The van der Waals surface area contributed by atoms with Crippen LogP contribution in [0.4, 0.5) is 0 Å². The average molecular weight is 267 g/mol. The van der Waals surface area contributed by atoms with Gasteiger partial charge in [0.05, 0.1) is 27.4 Å². The number of hydrogen-bond acceptors (Lipinski definition) is 5. The van der Waals surface area contributed by atoms with Crippen molar-refractivity contribution in [2.24, 2.45) is 0 Å². The van der Waals surface area contributed by atoms with Gasteiger partial charge in [0.15, 0.2) is 11.5 Å². The number of aliphatic hydroxyl groups is 1. The van der Waals surface area contributed by atoms with E-state index in [1.165, 1.54) is 0 Å². The summed E-state index contributed by atoms with van der Waals surface area (Å²) in [4.78, 5) is 0. The molecule has 0 spiro atoms. The van der Waals surface area contributed by atoms with Crippen molar-refractivity contribution in [1.82, 2.24) is 5.32 Å². The molecule has 0 aromatic heterocycles. The van der Waals surface area contributed by atoms with E-state index in [0.717, 1.165) is 18.5 Å². The number of hydrogen-bond donors (Lipinski definition) is 2. The zero-order chi connectivity index (χ0) is 13.8. The smallest absolute Gasteiger partial charge is 0.203 e. The summed E-state index contributed by atoms with van der Waals surface area (Å²) in [7, 11) is 4.79. The third kappa shape index (κ3) is 2.93. The van der Waals surface area contributed by atoms with Crippen LogP contribution in [0.25, 0.3) is 0 Å². The Labute approximate surface area is 113 Å². The van der Waals surface area contributed by atoms with E-state index in [4.69, 9.17) is 14.2 Å². The maximum Gasteiger partial charge on any atom is 0.203 e. The quantitative estimate of drug-likeness (QED) is 0.865. The maximum atomic E-state index is 9.77. The predicted octanol–water partition coefficient (Wildman–Crippen LogP) is 1.50. The summed E-state index contributed by atoms with van der Waals surface area (Å²) >= 11 is 0. The third-order valence-corrected chi connectivity index (χ3v) is 3.47. The first-order valence-corrected chi connectivity index (χ1v) is 6.41. The minimum Gasteiger partial charge on any atom is -0.493 e. The molecule has 2 N–H and O–H groups in total. The first kappa shape index (κ1) is 14.0. The van der Waals surface area contributed by atoms with Gasteiger partial charge in [0, 0.05) is 6.04 Å². The summed E-state index contributed by atoms with van der Waals surface area (Å²) in [6.07, 6.45) is 1.23. The lowest BCUT2D eigenvalue weighted by atomic mass is 9.95. The highest BCUT2D eigenvalue weighted by atomic mass is 16.5. The van der Waals surface area contributed by atoms with Gasteiger partial charge in [0.1, 0.15) is 0 Å². The Morgan fingerprint density at radius 3 is 2.21 bits per heavy atom. The number of methoxy groups -OCH3 is 3. The number of rotatable bonds is 4. The molecule has 1 aliphatic heterocycles. The van der Waals surface area contributed by atoms with E-state index in [9.17, 15) is 5.11 Å². The second kappa shape index (κ2) is 6.12. The molecule has 5 heteroatoms. The molecule has 5 nitrogen and oxygen atoms in total. The van der Waals surface area contributed by atoms with Gasteiger partial charge in [0.25, 0.3) is 0 Å². The van der Waals surface area contributed by atoms with E-state index >= 15 is 0 Å². The van der Waals surface area contributed by atoms with E-state index in [1.54, 1.807) is 21.3 Å². The minimum atomic E-state index is -0.259. The summed E-state index contributed by atoms with van der Waals surface area (Å²) in [6, 6.07) is 3.96. The van der Waals surface area contributed by atoms with E-state index in [-0.39, 0.29) is 12.1 Å². The Hall–Kier alpha value is -1.46. The van der Waals surface area contributed by atoms with E-state index in [0.29, 0.717) is 23.7 Å². The van der Waals surface area contributed by atoms with Crippen molar-refractivity contribution >= 4 is 0 Å². The molecule has 1 heterocycles. The van der Waals surface area contributed by atoms with Crippen molar-refractivity contribution in [2.75, 3.05) is 27.9 Å². The molecule has 1 aromatic rings. The van der Waals surface area contributed by atoms with Crippen LogP contribution in [-0.4, -0.2) is 39.1 Å². The summed E-state index contributed by atoms with van der Waals surface area (Å²) in [5.41, 5.74) is 1.04. The molecule has 1 fully saturated rings.